The van der Waals surface area contributed by atoms with Crippen molar-refractivity contribution in [3.05, 3.63) is 23.8 Å². The summed E-state index contributed by atoms with van der Waals surface area (Å²) in [5, 5.41) is 3.34. The fraction of sp³-hybridized carbons (Fsp3) is 0.533. The van der Waals surface area contributed by atoms with Crippen LogP contribution in [0.3, 0.4) is 0 Å². The normalized spacial score (nSPS) is 10.1. The maximum atomic E-state index is 11.9. The van der Waals surface area contributed by atoms with Crippen molar-refractivity contribution in [2.75, 3.05) is 32.6 Å². The van der Waals surface area contributed by atoms with Gasteiger partial charge in [0.05, 0.1) is 12.3 Å². The largest absolute Gasteiger partial charge is 0.492 e. The Bertz CT molecular complexity index is 417. The molecule has 0 radical (unpaired) electrons. The Morgan fingerprint density at radius 2 is 2.05 bits per heavy atom. The van der Waals surface area contributed by atoms with E-state index in [1.165, 1.54) is 0 Å². The number of hydrogen-bond acceptors (Lipinski definition) is 3. The van der Waals surface area contributed by atoms with Crippen LogP contribution in [-0.2, 0) is 0 Å². The van der Waals surface area contributed by atoms with E-state index in [9.17, 15) is 4.79 Å². The molecule has 1 aromatic rings. The molecule has 0 aromatic heterocycles. The van der Waals surface area contributed by atoms with Crippen molar-refractivity contribution in [3.8, 4) is 5.75 Å². The highest BCUT2D eigenvalue weighted by Gasteiger charge is 2.11. The molecule has 0 aliphatic rings. The molecule has 0 bridgehead atoms. The molecule has 1 N–H and O–H groups in total. The molecule has 106 valence electrons. The van der Waals surface area contributed by atoms with Crippen molar-refractivity contribution in [2.24, 2.45) is 0 Å². The average Bonchev–Trinajstić information content (AvgIpc) is 2.40. The van der Waals surface area contributed by atoms with Crippen LogP contribution in [0, 0.1) is 0 Å². The van der Waals surface area contributed by atoms with E-state index < -0.39 is 0 Å². The number of carbonyl (C=O) groups excluding carboxylic acids is 1. The highest BCUT2D eigenvalue weighted by Crippen LogP contribution is 2.26. The maximum Gasteiger partial charge on any atom is 0.253 e. The molecule has 0 atom stereocenters. The van der Waals surface area contributed by atoms with Gasteiger partial charge in [-0.3, -0.25) is 4.79 Å². The van der Waals surface area contributed by atoms with Crippen LogP contribution in [0.15, 0.2) is 18.2 Å². The van der Waals surface area contributed by atoms with Gasteiger partial charge in [0.1, 0.15) is 5.75 Å². The number of ether oxygens (including phenoxy) is 1. The number of hydrogen-bond donors (Lipinski definition) is 1. The number of unbranched alkanes of at least 4 members (excludes halogenated alkanes) is 1. The van der Waals surface area contributed by atoms with Gasteiger partial charge in [0.25, 0.3) is 5.91 Å². The molecular formula is C15H24N2O2. The van der Waals surface area contributed by atoms with Gasteiger partial charge >= 0.3 is 0 Å². The summed E-state index contributed by atoms with van der Waals surface area (Å²) in [5.74, 6) is 0.729. The number of nitrogens with zero attached hydrogens (tertiary/aromatic N) is 1. The van der Waals surface area contributed by atoms with Gasteiger partial charge in [-0.25, -0.2) is 0 Å². The van der Waals surface area contributed by atoms with Crippen LogP contribution in [0.2, 0.25) is 0 Å². The quantitative estimate of drug-likeness (QED) is 0.770. The van der Waals surface area contributed by atoms with Crippen LogP contribution in [0.25, 0.3) is 0 Å². The molecule has 0 aliphatic carbocycles. The monoisotopic (exact) mass is 264 g/mol. The van der Waals surface area contributed by atoms with Gasteiger partial charge in [0, 0.05) is 26.2 Å². The minimum Gasteiger partial charge on any atom is -0.492 e. The summed E-state index contributed by atoms with van der Waals surface area (Å²) in [4.78, 5) is 13.5. The second-order valence-electron chi connectivity index (χ2n) is 4.62. The Kier molecular flexibility index (Phi) is 6.19. The van der Waals surface area contributed by atoms with Gasteiger partial charge in [-0.15, -0.1) is 0 Å². The van der Waals surface area contributed by atoms with E-state index in [1.54, 1.807) is 25.1 Å². The van der Waals surface area contributed by atoms with Crippen molar-refractivity contribution in [1.29, 1.82) is 0 Å². The molecule has 19 heavy (non-hydrogen) atoms. The fourth-order valence-corrected chi connectivity index (χ4v) is 1.73. The highest BCUT2D eigenvalue weighted by molar-refractivity contribution is 5.95. The van der Waals surface area contributed by atoms with Crippen LogP contribution in [-0.4, -0.2) is 38.1 Å². The minimum absolute atomic E-state index is 0.0129. The Labute approximate surface area is 115 Å². The van der Waals surface area contributed by atoms with Crippen LogP contribution >= 0.6 is 0 Å². The summed E-state index contributed by atoms with van der Waals surface area (Å²) in [5.41, 5.74) is 1.60. The zero-order chi connectivity index (χ0) is 14.3. The van der Waals surface area contributed by atoms with Gasteiger partial charge < -0.3 is 15.0 Å². The maximum absolute atomic E-state index is 11.9. The van der Waals surface area contributed by atoms with Crippen LogP contribution in [0.4, 0.5) is 5.69 Å². The number of benzene rings is 1. The van der Waals surface area contributed by atoms with Gasteiger partial charge in [-0.05, 0) is 31.5 Å². The number of anilines is 1. The Hall–Kier alpha value is -1.71. The summed E-state index contributed by atoms with van der Waals surface area (Å²) in [6.07, 6.45) is 2.26. The molecule has 0 heterocycles. The lowest BCUT2D eigenvalue weighted by Crippen LogP contribution is -2.21. The van der Waals surface area contributed by atoms with Crippen molar-refractivity contribution >= 4 is 11.6 Å². The molecule has 0 spiro atoms. The third kappa shape index (κ3) is 4.47. The topological polar surface area (TPSA) is 41.6 Å². The molecule has 1 rings (SSSR count). The Balaban J connectivity index is 2.90. The predicted molar refractivity (Wildman–Crippen MR) is 79.0 cm³/mol. The molecule has 1 amide bonds. The standard InChI is InChI=1S/C15H24N2O2/c1-5-7-10-16-13-9-8-12(15(18)17(3)4)11-14(13)19-6-2/h8-9,11,16H,5-7,10H2,1-4H3. The zero-order valence-corrected chi connectivity index (χ0v) is 12.3. The van der Waals surface area contributed by atoms with E-state index in [0.717, 1.165) is 30.8 Å². The molecule has 0 aliphatic heterocycles. The van der Waals surface area contributed by atoms with Gasteiger partial charge in [-0.1, -0.05) is 13.3 Å². The first-order chi connectivity index (χ1) is 9.10. The Morgan fingerprint density at radius 1 is 1.32 bits per heavy atom. The van der Waals surface area contributed by atoms with Gasteiger partial charge in [-0.2, -0.15) is 0 Å². The van der Waals surface area contributed by atoms with Crippen LogP contribution < -0.4 is 10.1 Å². The molecule has 0 saturated carbocycles. The van der Waals surface area contributed by atoms with Crippen molar-refractivity contribution in [1.82, 2.24) is 4.90 Å². The number of amides is 1. The molecule has 4 nitrogen and oxygen atoms in total. The predicted octanol–water partition coefficient (Wildman–Crippen LogP) is 3.00. The van der Waals surface area contributed by atoms with Crippen molar-refractivity contribution in [2.45, 2.75) is 26.7 Å². The second kappa shape index (κ2) is 7.67. The lowest BCUT2D eigenvalue weighted by Gasteiger charge is -2.15. The van der Waals surface area contributed by atoms with Crippen LogP contribution in [0.5, 0.6) is 5.75 Å². The lowest BCUT2D eigenvalue weighted by molar-refractivity contribution is 0.0827. The Morgan fingerprint density at radius 3 is 2.63 bits per heavy atom. The second-order valence-corrected chi connectivity index (χ2v) is 4.62. The number of nitrogens with one attached hydrogen (secondary N) is 1. The van der Waals surface area contributed by atoms with E-state index >= 15 is 0 Å². The van der Waals surface area contributed by atoms with E-state index in [4.69, 9.17) is 4.74 Å². The van der Waals surface area contributed by atoms with Crippen molar-refractivity contribution < 1.29 is 9.53 Å². The van der Waals surface area contributed by atoms with Crippen LogP contribution in [0.1, 0.15) is 37.0 Å². The summed E-state index contributed by atoms with van der Waals surface area (Å²) in [6.45, 7) is 5.60. The molecule has 0 saturated heterocycles. The SMILES string of the molecule is CCCCNc1ccc(C(=O)N(C)C)cc1OCC. The zero-order valence-electron chi connectivity index (χ0n) is 12.3. The van der Waals surface area contributed by atoms with E-state index in [0.29, 0.717) is 12.2 Å². The lowest BCUT2D eigenvalue weighted by atomic mass is 10.1. The molecule has 0 fully saturated rings. The number of carbonyl (C=O) groups is 1. The average molecular weight is 264 g/mol. The summed E-state index contributed by atoms with van der Waals surface area (Å²) < 4.78 is 5.61. The smallest absolute Gasteiger partial charge is 0.253 e. The summed E-state index contributed by atoms with van der Waals surface area (Å²) in [7, 11) is 3.49. The van der Waals surface area contributed by atoms with E-state index in [2.05, 4.69) is 12.2 Å². The minimum atomic E-state index is -0.0129. The molecule has 1 aromatic carbocycles. The summed E-state index contributed by atoms with van der Waals surface area (Å²) in [6, 6.07) is 5.55. The first-order valence-electron chi connectivity index (χ1n) is 6.82. The number of rotatable bonds is 7. The third-order valence-electron chi connectivity index (χ3n) is 2.78. The van der Waals surface area contributed by atoms with Crippen molar-refractivity contribution in [3.63, 3.8) is 0 Å². The summed E-state index contributed by atoms with van der Waals surface area (Å²) >= 11 is 0. The highest BCUT2D eigenvalue weighted by atomic mass is 16.5. The molecule has 4 heteroatoms. The molecular weight excluding hydrogens is 240 g/mol. The third-order valence-corrected chi connectivity index (χ3v) is 2.78. The van der Waals surface area contributed by atoms with Gasteiger partial charge in [0.2, 0.25) is 0 Å². The van der Waals surface area contributed by atoms with Gasteiger partial charge in [0.15, 0.2) is 0 Å². The van der Waals surface area contributed by atoms with E-state index in [-0.39, 0.29) is 5.91 Å². The fourth-order valence-electron chi connectivity index (χ4n) is 1.73. The molecule has 0 unspecified atom stereocenters. The van der Waals surface area contributed by atoms with E-state index in [1.807, 2.05) is 19.1 Å². The first kappa shape index (κ1) is 15.3. The first-order valence-corrected chi connectivity index (χ1v) is 6.82.